The van der Waals surface area contributed by atoms with E-state index in [4.69, 9.17) is 4.74 Å². The number of carbonyl (C=O) groups excluding carboxylic acids is 1. The van der Waals surface area contributed by atoms with Crippen LogP contribution in [-0.2, 0) is 11.3 Å². The van der Waals surface area contributed by atoms with Crippen LogP contribution in [0.2, 0.25) is 0 Å². The number of hydrogen-bond acceptors (Lipinski definition) is 6. The fourth-order valence-corrected chi connectivity index (χ4v) is 3.24. The Hall–Kier alpha value is -3.07. The molecule has 1 fully saturated rings. The molecule has 27 heavy (non-hydrogen) atoms. The predicted octanol–water partition coefficient (Wildman–Crippen LogP) is 0.942. The van der Waals surface area contributed by atoms with E-state index < -0.39 is 5.56 Å². The molecule has 0 radical (unpaired) electrons. The molecule has 4 rings (SSSR count). The lowest BCUT2D eigenvalue weighted by molar-refractivity contribution is -0.00688. The van der Waals surface area contributed by atoms with E-state index in [-0.39, 0.29) is 23.4 Å². The van der Waals surface area contributed by atoms with Gasteiger partial charge in [0.1, 0.15) is 11.4 Å². The van der Waals surface area contributed by atoms with Gasteiger partial charge in [-0.1, -0.05) is 6.07 Å². The zero-order valence-electron chi connectivity index (χ0n) is 15.0. The number of likely N-dealkylation sites (tertiary alicyclic amines) is 1. The molecule has 1 saturated heterocycles. The number of H-pyrrole nitrogens is 1. The number of fused-ring (bicyclic) bond motifs is 1. The molecular weight excluding hydrogens is 348 g/mol. The lowest BCUT2D eigenvalue weighted by Gasteiger charge is -2.32. The topological polar surface area (TPSA) is 105 Å². The molecule has 0 aliphatic carbocycles. The minimum absolute atomic E-state index is 0.0315. The second-order valence-corrected chi connectivity index (χ2v) is 6.61. The fraction of sp³-hybridized carbons (Fsp3) is 0.389. The summed E-state index contributed by atoms with van der Waals surface area (Å²) in [6.45, 7) is 3.22. The van der Waals surface area contributed by atoms with Crippen molar-refractivity contribution in [2.45, 2.75) is 32.5 Å². The zero-order chi connectivity index (χ0) is 18.8. The van der Waals surface area contributed by atoms with Gasteiger partial charge in [0.05, 0.1) is 12.7 Å². The van der Waals surface area contributed by atoms with Gasteiger partial charge in [-0.3, -0.25) is 19.7 Å². The molecule has 1 N–H and O–H groups in total. The maximum atomic E-state index is 12.9. The van der Waals surface area contributed by atoms with Crippen LogP contribution in [0.15, 0.2) is 35.5 Å². The Morgan fingerprint density at radius 3 is 3.11 bits per heavy atom. The molecule has 140 valence electrons. The van der Waals surface area contributed by atoms with E-state index in [2.05, 4.69) is 20.1 Å². The summed E-state index contributed by atoms with van der Waals surface area (Å²) in [4.78, 5) is 39.4. The SMILES string of the molecule is Cc1nc2ncc(C(=O)N3CCCC(OCc4cccnc4)C3)c(=O)n2[nH]1. The number of piperidine rings is 1. The van der Waals surface area contributed by atoms with Crippen molar-refractivity contribution in [1.82, 2.24) is 29.5 Å². The van der Waals surface area contributed by atoms with E-state index in [9.17, 15) is 9.59 Å². The highest BCUT2D eigenvalue weighted by Crippen LogP contribution is 2.16. The van der Waals surface area contributed by atoms with Gasteiger partial charge in [-0.15, -0.1) is 0 Å². The Morgan fingerprint density at radius 2 is 2.30 bits per heavy atom. The summed E-state index contributed by atoms with van der Waals surface area (Å²) < 4.78 is 7.14. The fourth-order valence-electron chi connectivity index (χ4n) is 3.24. The molecule has 0 saturated carbocycles. The summed E-state index contributed by atoms with van der Waals surface area (Å²) in [5.74, 6) is 0.486. The van der Waals surface area contributed by atoms with Gasteiger partial charge in [0.15, 0.2) is 0 Å². The Labute approximate surface area is 155 Å². The number of nitrogens with one attached hydrogen (secondary N) is 1. The molecule has 0 spiro atoms. The maximum absolute atomic E-state index is 12.9. The van der Waals surface area contributed by atoms with Crippen molar-refractivity contribution in [3.8, 4) is 0 Å². The van der Waals surface area contributed by atoms with Crippen molar-refractivity contribution >= 4 is 11.7 Å². The Balaban J connectivity index is 1.47. The summed E-state index contributed by atoms with van der Waals surface area (Å²) in [6.07, 6.45) is 6.41. The summed E-state index contributed by atoms with van der Waals surface area (Å²) in [6, 6.07) is 3.82. The van der Waals surface area contributed by atoms with E-state index in [0.29, 0.717) is 25.5 Å². The highest BCUT2D eigenvalue weighted by atomic mass is 16.5. The van der Waals surface area contributed by atoms with Crippen LogP contribution in [0.25, 0.3) is 5.78 Å². The summed E-state index contributed by atoms with van der Waals surface area (Å²) >= 11 is 0. The van der Waals surface area contributed by atoms with E-state index in [0.717, 1.165) is 18.4 Å². The molecule has 9 heteroatoms. The first-order valence-corrected chi connectivity index (χ1v) is 8.86. The van der Waals surface area contributed by atoms with Crippen LogP contribution in [0.4, 0.5) is 0 Å². The number of amides is 1. The summed E-state index contributed by atoms with van der Waals surface area (Å²) in [7, 11) is 0. The van der Waals surface area contributed by atoms with E-state index in [1.165, 1.54) is 10.7 Å². The van der Waals surface area contributed by atoms with E-state index in [1.807, 2.05) is 12.1 Å². The molecule has 4 heterocycles. The molecule has 3 aromatic heterocycles. The minimum atomic E-state index is -0.441. The molecule has 1 amide bonds. The Kier molecular flexibility index (Phi) is 4.68. The number of aromatic nitrogens is 5. The number of nitrogens with zero attached hydrogens (tertiary/aromatic N) is 5. The zero-order valence-corrected chi connectivity index (χ0v) is 15.0. The molecule has 3 aromatic rings. The van der Waals surface area contributed by atoms with Crippen LogP contribution in [0.3, 0.4) is 0 Å². The van der Waals surface area contributed by atoms with Gasteiger partial charge >= 0.3 is 0 Å². The standard InChI is InChI=1S/C18H20N6O3/c1-12-21-18-20-9-15(17(26)24(18)22-12)16(25)23-7-3-5-14(10-23)27-11-13-4-2-6-19-8-13/h2,4,6,8-9,14H,3,5,7,10-11H2,1H3,(H,20,21,22). The van der Waals surface area contributed by atoms with Crippen LogP contribution in [0.5, 0.6) is 0 Å². The van der Waals surface area contributed by atoms with Crippen molar-refractivity contribution < 1.29 is 9.53 Å². The van der Waals surface area contributed by atoms with Gasteiger partial charge < -0.3 is 9.64 Å². The average molecular weight is 368 g/mol. The molecular formula is C18H20N6O3. The van der Waals surface area contributed by atoms with Crippen LogP contribution in [0.1, 0.15) is 34.6 Å². The van der Waals surface area contributed by atoms with Gasteiger partial charge in [-0.2, -0.15) is 9.50 Å². The third-order valence-electron chi connectivity index (χ3n) is 4.59. The van der Waals surface area contributed by atoms with Gasteiger partial charge in [0, 0.05) is 31.7 Å². The van der Waals surface area contributed by atoms with Gasteiger partial charge in [0.2, 0.25) is 0 Å². The van der Waals surface area contributed by atoms with Crippen LogP contribution >= 0.6 is 0 Å². The van der Waals surface area contributed by atoms with Crippen LogP contribution in [-0.4, -0.2) is 54.6 Å². The lowest BCUT2D eigenvalue weighted by atomic mass is 10.1. The van der Waals surface area contributed by atoms with Crippen LogP contribution in [0, 0.1) is 6.92 Å². The number of carbonyl (C=O) groups is 1. The van der Waals surface area contributed by atoms with Crippen LogP contribution < -0.4 is 5.56 Å². The van der Waals surface area contributed by atoms with Crippen molar-refractivity contribution in [2.24, 2.45) is 0 Å². The van der Waals surface area contributed by atoms with Crippen molar-refractivity contribution in [2.75, 3.05) is 13.1 Å². The molecule has 9 nitrogen and oxygen atoms in total. The minimum Gasteiger partial charge on any atom is -0.372 e. The molecule has 1 atom stereocenters. The summed E-state index contributed by atoms with van der Waals surface area (Å²) in [5, 5.41) is 2.80. The number of ether oxygens (including phenoxy) is 1. The highest BCUT2D eigenvalue weighted by Gasteiger charge is 2.27. The van der Waals surface area contributed by atoms with E-state index >= 15 is 0 Å². The van der Waals surface area contributed by atoms with Crippen molar-refractivity contribution in [3.05, 3.63) is 58.0 Å². The van der Waals surface area contributed by atoms with Crippen molar-refractivity contribution in [3.63, 3.8) is 0 Å². The largest absolute Gasteiger partial charge is 0.372 e. The molecule has 0 bridgehead atoms. The summed E-state index contributed by atoms with van der Waals surface area (Å²) in [5.41, 5.74) is 0.580. The first-order valence-electron chi connectivity index (χ1n) is 8.86. The number of aromatic amines is 1. The average Bonchev–Trinajstić information content (AvgIpc) is 3.09. The number of pyridine rings is 1. The molecule has 1 aliphatic rings. The Bertz CT molecular complexity index is 1010. The quantitative estimate of drug-likeness (QED) is 0.735. The van der Waals surface area contributed by atoms with Crippen molar-refractivity contribution in [1.29, 1.82) is 0 Å². The monoisotopic (exact) mass is 368 g/mol. The third-order valence-corrected chi connectivity index (χ3v) is 4.59. The van der Waals surface area contributed by atoms with Gasteiger partial charge in [0.25, 0.3) is 17.2 Å². The van der Waals surface area contributed by atoms with E-state index in [1.54, 1.807) is 24.2 Å². The maximum Gasteiger partial charge on any atom is 0.286 e. The van der Waals surface area contributed by atoms with Gasteiger partial charge in [-0.05, 0) is 31.4 Å². The second kappa shape index (κ2) is 7.28. The number of aryl methyl sites for hydroxylation is 1. The highest BCUT2D eigenvalue weighted by molar-refractivity contribution is 5.93. The normalized spacial score (nSPS) is 17.4. The smallest absolute Gasteiger partial charge is 0.286 e. The number of rotatable bonds is 4. The lowest BCUT2D eigenvalue weighted by Crippen LogP contribution is -2.45. The Morgan fingerprint density at radius 1 is 1.41 bits per heavy atom. The first kappa shape index (κ1) is 17.3. The predicted molar refractivity (Wildman–Crippen MR) is 96.3 cm³/mol. The van der Waals surface area contributed by atoms with Gasteiger partial charge in [-0.25, -0.2) is 4.98 Å². The first-order chi connectivity index (χ1) is 13.1. The molecule has 1 unspecified atom stereocenters. The molecule has 1 aliphatic heterocycles. The molecule has 0 aromatic carbocycles. The number of hydrogen-bond donors (Lipinski definition) is 1. The second-order valence-electron chi connectivity index (χ2n) is 6.61. The third kappa shape index (κ3) is 3.59.